The van der Waals surface area contributed by atoms with Crippen LogP contribution in [0, 0.1) is 6.92 Å². The third-order valence-electron chi connectivity index (χ3n) is 3.18. The first-order valence-electron chi connectivity index (χ1n) is 7.29. The molecule has 1 amide bonds. The molecule has 5 heteroatoms. The Morgan fingerprint density at radius 1 is 1.17 bits per heavy atom. The van der Waals surface area contributed by atoms with Crippen LogP contribution in [0.1, 0.15) is 18.1 Å². The molecule has 5 nitrogen and oxygen atoms in total. The monoisotopic (exact) mass is 312 g/mol. The van der Waals surface area contributed by atoms with Gasteiger partial charge in [-0.1, -0.05) is 12.1 Å². The summed E-state index contributed by atoms with van der Waals surface area (Å²) in [5.74, 6) is 1.12. The maximum atomic E-state index is 12.0. The normalized spacial score (nSPS) is 12.0. The molecule has 0 aromatic heterocycles. The van der Waals surface area contributed by atoms with Crippen molar-refractivity contribution in [3.63, 3.8) is 0 Å². The van der Waals surface area contributed by atoms with Gasteiger partial charge in [-0.2, -0.15) is 5.10 Å². The van der Waals surface area contributed by atoms with Crippen molar-refractivity contribution in [3.05, 3.63) is 59.7 Å². The molecule has 0 aliphatic heterocycles. The number of ether oxygens (including phenoxy) is 2. The number of methoxy groups -OCH3 is 1. The first-order valence-corrected chi connectivity index (χ1v) is 7.29. The lowest BCUT2D eigenvalue weighted by molar-refractivity contribution is -0.127. The van der Waals surface area contributed by atoms with Crippen molar-refractivity contribution in [3.8, 4) is 11.5 Å². The number of benzene rings is 2. The maximum absolute atomic E-state index is 12.0. The molecule has 0 aliphatic rings. The molecule has 0 saturated heterocycles. The van der Waals surface area contributed by atoms with Gasteiger partial charge in [0.15, 0.2) is 6.10 Å². The molecule has 0 spiro atoms. The van der Waals surface area contributed by atoms with Crippen molar-refractivity contribution in [2.45, 2.75) is 20.0 Å². The highest BCUT2D eigenvalue weighted by Gasteiger charge is 2.13. The number of carbonyl (C=O) groups excluding carboxylic acids is 1. The fourth-order valence-electron chi connectivity index (χ4n) is 1.90. The molecule has 0 unspecified atom stereocenters. The van der Waals surface area contributed by atoms with Crippen molar-refractivity contribution in [1.29, 1.82) is 0 Å². The maximum Gasteiger partial charge on any atom is 0.280 e. The molecule has 0 fully saturated rings. The summed E-state index contributed by atoms with van der Waals surface area (Å²) >= 11 is 0. The minimum absolute atomic E-state index is 0.309. The van der Waals surface area contributed by atoms with E-state index < -0.39 is 6.10 Å². The molecule has 1 atom stereocenters. The van der Waals surface area contributed by atoms with Crippen LogP contribution in [0.5, 0.6) is 11.5 Å². The number of aryl methyl sites for hydroxylation is 1. The van der Waals surface area contributed by atoms with E-state index in [0.717, 1.165) is 16.9 Å². The van der Waals surface area contributed by atoms with Gasteiger partial charge in [-0.05, 0) is 61.4 Å². The summed E-state index contributed by atoms with van der Waals surface area (Å²) in [5.41, 5.74) is 4.40. The van der Waals surface area contributed by atoms with Crippen LogP contribution in [0.15, 0.2) is 53.6 Å². The largest absolute Gasteiger partial charge is 0.497 e. The lowest BCUT2D eigenvalue weighted by atomic mass is 10.2. The number of nitrogens with zero attached hydrogens (tertiary/aromatic N) is 1. The van der Waals surface area contributed by atoms with Crippen LogP contribution in [0.25, 0.3) is 0 Å². The second-order valence-corrected chi connectivity index (χ2v) is 5.08. The first kappa shape index (κ1) is 16.5. The number of hydrogen-bond acceptors (Lipinski definition) is 4. The summed E-state index contributed by atoms with van der Waals surface area (Å²) in [6.45, 7) is 3.65. The van der Waals surface area contributed by atoms with E-state index in [4.69, 9.17) is 9.47 Å². The molecule has 2 rings (SSSR count). The average Bonchev–Trinajstić information content (AvgIpc) is 2.55. The fourth-order valence-corrected chi connectivity index (χ4v) is 1.90. The molecule has 2 aromatic rings. The summed E-state index contributed by atoms with van der Waals surface area (Å²) < 4.78 is 10.7. The van der Waals surface area contributed by atoms with E-state index in [2.05, 4.69) is 10.5 Å². The number of carbonyl (C=O) groups is 1. The Balaban J connectivity index is 1.86. The standard InChI is InChI=1S/C18H20N2O3/c1-13-5-4-6-17(11-13)23-14(2)18(21)20-19-12-15-7-9-16(22-3)10-8-15/h4-12,14H,1-3H3,(H,20,21)/b19-12+/t14-/m0/s1. The van der Waals surface area contributed by atoms with E-state index >= 15 is 0 Å². The van der Waals surface area contributed by atoms with Crippen LogP contribution in [0.4, 0.5) is 0 Å². The van der Waals surface area contributed by atoms with Crippen LogP contribution in [-0.4, -0.2) is 25.3 Å². The molecule has 2 aromatic carbocycles. The van der Waals surface area contributed by atoms with E-state index in [0.29, 0.717) is 5.75 Å². The lowest BCUT2D eigenvalue weighted by Gasteiger charge is -2.13. The number of hydrazone groups is 1. The van der Waals surface area contributed by atoms with Crippen LogP contribution in [0.3, 0.4) is 0 Å². The zero-order valence-corrected chi connectivity index (χ0v) is 13.4. The van der Waals surface area contributed by atoms with Crippen LogP contribution in [0.2, 0.25) is 0 Å². The molecule has 0 aliphatic carbocycles. The van der Waals surface area contributed by atoms with Gasteiger partial charge >= 0.3 is 0 Å². The summed E-state index contributed by atoms with van der Waals surface area (Å²) in [5, 5.41) is 3.93. The zero-order chi connectivity index (χ0) is 16.7. The van der Waals surface area contributed by atoms with Gasteiger partial charge < -0.3 is 9.47 Å². The van der Waals surface area contributed by atoms with E-state index in [9.17, 15) is 4.79 Å². The molecule has 120 valence electrons. The second kappa shape index (κ2) is 7.98. The highest BCUT2D eigenvalue weighted by atomic mass is 16.5. The quantitative estimate of drug-likeness (QED) is 0.659. The number of rotatable bonds is 6. The average molecular weight is 312 g/mol. The summed E-state index contributed by atoms with van der Waals surface area (Å²) in [4.78, 5) is 12.0. The van der Waals surface area contributed by atoms with Gasteiger partial charge in [0, 0.05) is 0 Å². The Morgan fingerprint density at radius 2 is 1.91 bits per heavy atom. The van der Waals surface area contributed by atoms with Crippen molar-refractivity contribution in [2.24, 2.45) is 5.10 Å². The molecule has 0 saturated carbocycles. The zero-order valence-electron chi connectivity index (χ0n) is 13.4. The SMILES string of the molecule is COc1ccc(/C=N/NC(=O)[C@H](C)Oc2cccc(C)c2)cc1. The Kier molecular flexibility index (Phi) is 5.74. The molecular formula is C18H20N2O3. The van der Waals surface area contributed by atoms with Gasteiger partial charge in [0.1, 0.15) is 11.5 Å². The summed E-state index contributed by atoms with van der Waals surface area (Å²) in [6.07, 6.45) is 0.932. The van der Waals surface area contributed by atoms with Crippen molar-refractivity contribution in [1.82, 2.24) is 5.43 Å². The van der Waals surface area contributed by atoms with Gasteiger partial charge in [-0.3, -0.25) is 4.79 Å². The van der Waals surface area contributed by atoms with Crippen molar-refractivity contribution in [2.75, 3.05) is 7.11 Å². The molecular weight excluding hydrogens is 292 g/mol. The van der Waals surface area contributed by atoms with Crippen molar-refractivity contribution < 1.29 is 14.3 Å². The van der Waals surface area contributed by atoms with E-state index in [1.54, 1.807) is 20.2 Å². The third-order valence-corrected chi connectivity index (χ3v) is 3.18. The van der Waals surface area contributed by atoms with E-state index in [1.807, 2.05) is 55.5 Å². The fraction of sp³-hybridized carbons (Fsp3) is 0.222. The molecule has 0 radical (unpaired) electrons. The third kappa shape index (κ3) is 5.14. The highest BCUT2D eigenvalue weighted by molar-refractivity contribution is 5.84. The lowest BCUT2D eigenvalue weighted by Crippen LogP contribution is -2.33. The number of nitrogens with one attached hydrogen (secondary N) is 1. The van der Waals surface area contributed by atoms with Crippen LogP contribution >= 0.6 is 0 Å². The van der Waals surface area contributed by atoms with E-state index in [1.165, 1.54) is 0 Å². The number of amides is 1. The Bertz CT molecular complexity index is 681. The Labute approximate surface area is 135 Å². The topological polar surface area (TPSA) is 59.9 Å². The molecule has 0 heterocycles. The van der Waals surface area contributed by atoms with Gasteiger partial charge in [0.25, 0.3) is 5.91 Å². The molecule has 0 bridgehead atoms. The predicted molar refractivity (Wildman–Crippen MR) is 90.0 cm³/mol. The van der Waals surface area contributed by atoms with Gasteiger partial charge in [0.2, 0.25) is 0 Å². The Hall–Kier alpha value is -2.82. The van der Waals surface area contributed by atoms with Crippen molar-refractivity contribution >= 4 is 12.1 Å². The molecule has 1 N–H and O–H groups in total. The predicted octanol–water partition coefficient (Wildman–Crippen LogP) is 2.92. The van der Waals surface area contributed by atoms with Crippen LogP contribution < -0.4 is 14.9 Å². The van der Waals surface area contributed by atoms with E-state index in [-0.39, 0.29) is 5.91 Å². The van der Waals surface area contributed by atoms with Gasteiger partial charge in [-0.25, -0.2) is 5.43 Å². The highest BCUT2D eigenvalue weighted by Crippen LogP contribution is 2.14. The van der Waals surface area contributed by atoms with Gasteiger partial charge in [-0.15, -0.1) is 0 Å². The Morgan fingerprint density at radius 3 is 2.57 bits per heavy atom. The second-order valence-electron chi connectivity index (χ2n) is 5.08. The smallest absolute Gasteiger partial charge is 0.280 e. The molecule has 23 heavy (non-hydrogen) atoms. The minimum Gasteiger partial charge on any atom is -0.497 e. The first-order chi connectivity index (χ1) is 11.1. The van der Waals surface area contributed by atoms with Crippen LogP contribution in [-0.2, 0) is 4.79 Å². The minimum atomic E-state index is -0.634. The number of hydrogen-bond donors (Lipinski definition) is 1. The summed E-state index contributed by atoms with van der Waals surface area (Å²) in [7, 11) is 1.61. The van der Waals surface area contributed by atoms with Gasteiger partial charge in [0.05, 0.1) is 13.3 Å². The summed E-state index contributed by atoms with van der Waals surface area (Å²) in [6, 6.07) is 14.9.